The van der Waals surface area contributed by atoms with E-state index in [-0.39, 0.29) is 24.9 Å². The van der Waals surface area contributed by atoms with Gasteiger partial charge in [0.05, 0.1) is 33.8 Å². The maximum atomic E-state index is 13.5. The van der Waals surface area contributed by atoms with Crippen LogP contribution in [0.25, 0.3) is 0 Å². The normalized spacial score (nSPS) is 14.4. The molecule has 0 bridgehead atoms. The van der Waals surface area contributed by atoms with Crippen LogP contribution in [-0.2, 0) is 27.9 Å². The van der Waals surface area contributed by atoms with E-state index in [0.29, 0.717) is 23.9 Å². The van der Waals surface area contributed by atoms with Crippen molar-refractivity contribution >= 4 is 19.7 Å². The summed E-state index contributed by atoms with van der Waals surface area (Å²) in [6.45, 7) is 6.67. The molecule has 0 aromatic heterocycles. The van der Waals surface area contributed by atoms with Gasteiger partial charge in [-0.3, -0.25) is 14.2 Å². The standard InChI is InChI=1S/C65H115N2O7P/c1-7-10-13-16-19-22-25-28-30-32-33-35-37-40-43-46-49-52-55-58-65(69)74-63(56-53-50-47-44-41-38-27-24-21-18-15-12-9-3)62(61-73-75(70,71)72-60-59-67(4,5)6)66-64(68)57-54-51-48-45-42-39-36-34-31-29-26-23-20-17-14-11-8-2/h10,13,19-20,22-23,28-31,33,35,40,43,53,56,62-63H,7-9,11-12,14-18,21,24-27,32,34,36-39,41-42,44-52,54-55,57-61H2,1-6H3,(H-,66,68,70,71)/b13-10-,22-19-,23-20-,30-28-,31-29-,35-33-,43-40-,56-53+. The molecule has 3 atom stereocenters. The second-order valence-corrected chi connectivity index (χ2v) is 22.9. The Labute approximate surface area is 462 Å². The molecule has 1 N–H and O–H groups in total. The van der Waals surface area contributed by atoms with Gasteiger partial charge in [-0.2, -0.15) is 0 Å². The number of carbonyl (C=O) groups excluding carboxylic acids is 2. The van der Waals surface area contributed by atoms with Crippen LogP contribution in [0.5, 0.6) is 0 Å². The number of amides is 1. The van der Waals surface area contributed by atoms with E-state index < -0.39 is 26.6 Å². The summed E-state index contributed by atoms with van der Waals surface area (Å²) in [4.78, 5) is 40.0. The smallest absolute Gasteiger partial charge is 0.306 e. The topological polar surface area (TPSA) is 114 Å². The quantitative estimate of drug-likeness (QED) is 0.0212. The number of phosphoric ester groups is 1. The number of hydrogen-bond donors (Lipinski definition) is 1. The highest BCUT2D eigenvalue weighted by Crippen LogP contribution is 2.38. The minimum absolute atomic E-state index is 0.0339. The molecular formula is C65H115N2O7P. The maximum Gasteiger partial charge on any atom is 0.306 e. The van der Waals surface area contributed by atoms with Gasteiger partial charge in [0.1, 0.15) is 19.3 Å². The number of ether oxygens (including phenoxy) is 1. The lowest BCUT2D eigenvalue weighted by Gasteiger charge is -2.30. The lowest BCUT2D eigenvalue weighted by molar-refractivity contribution is -0.870. The molecule has 0 saturated heterocycles. The number of rotatable bonds is 54. The highest BCUT2D eigenvalue weighted by molar-refractivity contribution is 7.45. The second kappa shape index (κ2) is 54.3. The minimum atomic E-state index is -4.71. The summed E-state index contributed by atoms with van der Waals surface area (Å²) in [5.74, 6) is -0.591. The maximum absolute atomic E-state index is 13.5. The van der Waals surface area contributed by atoms with Crippen LogP contribution in [0, 0.1) is 0 Å². The Balaban J connectivity index is 5.40. The van der Waals surface area contributed by atoms with Crippen molar-refractivity contribution in [3.63, 3.8) is 0 Å². The van der Waals surface area contributed by atoms with Gasteiger partial charge in [0.2, 0.25) is 5.91 Å². The zero-order chi connectivity index (χ0) is 55.0. The molecule has 0 heterocycles. The van der Waals surface area contributed by atoms with Crippen molar-refractivity contribution in [1.29, 1.82) is 0 Å². The van der Waals surface area contributed by atoms with Gasteiger partial charge in [-0.1, -0.05) is 227 Å². The summed E-state index contributed by atoms with van der Waals surface area (Å²) in [6, 6.07) is -0.912. The Bertz CT molecular complexity index is 1610. The number of nitrogens with one attached hydrogen (secondary N) is 1. The van der Waals surface area contributed by atoms with Crippen LogP contribution >= 0.6 is 7.82 Å². The fraction of sp³-hybridized carbons (Fsp3) is 0.723. The summed E-state index contributed by atoms with van der Waals surface area (Å²) < 4.78 is 30.3. The van der Waals surface area contributed by atoms with E-state index in [1.807, 2.05) is 33.3 Å². The molecule has 0 fully saturated rings. The number of phosphoric acid groups is 1. The summed E-state index contributed by atoms with van der Waals surface area (Å²) in [5.41, 5.74) is 0. The largest absolute Gasteiger partial charge is 0.756 e. The first-order valence-corrected chi connectivity index (χ1v) is 32.0. The third-order valence-electron chi connectivity index (χ3n) is 13.0. The summed E-state index contributed by atoms with van der Waals surface area (Å²) in [5, 5.41) is 3.01. The van der Waals surface area contributed by atoms with Crippen molar-refractivity contribution < 1.29 is 37.3 Å². The van der Waals surface area contributed by atoms with Crippen molar-refractivity contribution in [1.82, 2.24) is 5.32 Å². The molecule has 0 saturated carbocycles. The summed E-state index contributed by atoms with van der Waals surface area (Å²) >= 11 is 0. The lowest BCUT2D eigenvalue weighted by Crippen LogP contribution is -2.47. The number of likely N-dealkylation sites (N-methyl/N-ethyl adjacent to an activating group) is 1. The van der Waals surface area contributed by atoms with Crippen LogP contribution in [0.3, 0.4) is 0 Å². The molecule has 0 radical (unpaired) electrons. The highest BCUT2D eigenvalue weighted by Gasteiger charge is 2.27. The lowest BCUT2D eigenvalue weighted by atomic mass is 10.0. The monoisotopic (exact) mass is 1070 g/mol. The van der Waals surface area contributed by atoms with Gasteiger partial charge in [0.15, 0.2) is 0 Å². The van der Waals surface area contributed by atoms with Crippen LogP contribution in [0.15, 0.2) is 97.2 Å². The summed E-state index contributed by atoms with van der Waals surface area (Å²) in [7, 11) is 1.15. The van der Waals surface area contributed by atoms with Crippen LogP contribution in [0.2, 0.25) is 0 Å². The number of unbranched alkanes of at least 4 members (excludes halogenated alkanes) is 24. The Morgan fingerprint density at radius 1 is 0.480 bits per heavy atom. The Hall–Kier alpha value is -3.07. The van der Waals surface area contributed by atoms with E-state index in [1.54, 1.807) is 0 Å². The fourth-order valence-electron chi connectivity index (χ4n) is 8.28. The zero-order valence-corrected chi connectivity index (χ0v) is 50.1. The summed E-state index contributed by atoms with van der Waals surface area (Å²) in [6.07, 6.45) is 72.2. The van der Waals surface area contributed by atoms with Crippen molar-refractivity contribution in [3.8, 4) is 0 Å². The molecule has 0 aliphatic rings. The fourth-order valence-corrected chi connectivity index (χ4v) is 9.01. The van der Waals surface area contributed by atoms with E-state index in [1.165, 1.54) is 103 Å². The third-order valence-corrected chi connectivity index (χ3v) is 14.0. The highest BCUT2D eigenvalue weighted by atomic mass is 31.2. The molecule has 0 aromatic rings. The van der Waals surface area contributed by atoms with Crippen LogP contribution < -0.4 is 10.2 Å². The molecule has 0 spiro atoms. The van der Waals surface area contributed by atoms with Gasteiger partial charge < -0.3 is 28.5 Å². The second-order valence-electron chi connectivity index (χ2n) is 21.5. The number of carbonyl (C=O) groups is 2. The predicted octanol–water partition coefficient (Wildman–Crippen LogP) is 18.1. The van der Waals surface area contributed by atoms with Crippen molar-refractivity contribution in [2.75, 3.05) is 40.9 Å². The third kappa shape index (κ3) is 55.5. The van der Waals surface area contributed by atoms with Crippen LogP contribution in [0.1, 0.15) is 252 Å². The van der Waals surface area contributed by atoms with E-state index in [2.05, 4.69) is 111 Å². The zero-order valence-electron chi connectivity index (χ0n) is 49.2. The molecule has 0 aromatic carbocycles. The first kappa shape index (κ1) is 71.9. The molecule has 10 heteroatoms. The van der Waals surface area contributed by atoms with Gasteiger partial charge in [0.25, 0.3) is 7.82 Å². The number of quaternary nitrogens is 1. The number of allylic oxidation sites excluding steroid dienone is 15. The minimum Gasteiger partial charge on any atom is -0.756 e. The average Bonchev–Trinajstić information content (AvgIpc) is 3.37. The Morgan fingerprint density at radius 3 is 1.32 bits per heavy atom. The van der Waals surface area contributed by atoms with E-state index in [9.17, 15) is 19.0 Å². The molecular weight excluding hydrogens is 952 g/mol. The molecule has 1 amide bonds. The molecule has 432 valence electrons. The van der Waals surface area contributed by atoms with Crippen molar-refractivity contribution in [3.05, 3.63) is 97.2 Å². The first-order chi connectivity index (χ1) is 36.4. The van der Waals surface area contributed by atoms with Gasteiger partial charge >= 0.3 is 5.97 Å². The number of hydrogen-bond acceptors (Lipinski definition) is 7. The molecule has 0 aliphatic carbocycles. The van der Waals surface area contributed by atoms with Crippen molar-refractivity contribution in [2.45, 2.75) is 264 Å². The van der Waals surface area contributed by atoms with Gasteiger partial charge in [-0.15, -0.1) is 0 Å². The van der Waals surface area contributed by atoms with Gasteiger partial charge in [0, 0.05) is 12.8 Å². The van der Waals surface area contributed by atoms with E-state index >= 15 is 0 Å². The molecule has 9 nitrogen and oxygen atoms in total. The van der Waals surface area contributed by atoms with Crippen LogP contribution in [-0.4, -0.2) is 69.4 Å². The van der Waals surface area contributed by atoms with Crippen LogP contribution in [0.4, 0.5) is 0 Å². The molecule has 0 rings (SSSR count). The Kier molecular flexibility index (Phi) is 52.1. The van der Waals surface area contributed by atoms with Crippen molar-refractivity contribution in [2.24, 2.45) is 0 Å². The number of nitrogens with zero attached hydrogens (tertiary/aromatic N) is 1. The molecule has 3 unspecified atom stereocenters. The molecule has 75 heavy (non-hydrogen) atoms. The van der Waals surface area contributed by atoms with Gasteiger partial charge in [-0.25, -0.2) is 0 Å². The first-order valence-electron chi connectivity index (χ1n) is 30.5. The SMILES string of the molecule is CC/C=C\C/C=C\C/C=C\C/C=C\C/C=C\CCCCCC(=O)OC(/C=C/CCCCCCCCCCCCC)C(COP(=O)([O-])OCC[N+](C)(C)C)NC(=O)CCCCCCCCC/C=C\C/C=C\CCCCC. The van der Waals surface area contributed by atoms with E-state index in [0.717, 1.165) is 109 Å². The predicted molar refractivity (Wildman–Crippen MR) is 321 cm³/mol. The number of esters is 1. The average molecular weight is 1070 g/mol. The van der Waals surface area contributed by atoms with E-state index in [4.69, 9.17) is 13.8 Å². The molecule has 0 aliphatic heterocycles. The Morgan fingerprint density at radius 2 is 0.853 bits per heavy atom. The van der Waals surface area contributed by atoms with Gasteiger partial charge in [-0.05, 0) is 109 Å².